The minimum absolute atomic E-state index is 0.0464. The summed E-state index contributed by atoms with van der Waals surface area (Å²) in [6.45, 7) is 9.84. The largest absolute Gasteiger partial charge is 0.401 e. The maximum atomic E-state index is 12.8. The summed E-state index contributed by atoms with van der Waals surface area (Å²) in [6, 6.07) is 0. The van der Waals surface area contributed by atoms with Gasteiger partial charge in [-0.1, -0.05) is 34.6 Å². The first kappa shape index (κ1) is 18.6. The van der Waals surface area contributed by atoms with Gasteiger partial charge in [0.05, 0.1) is 0 Å². The number of nitrogens with one attached hydrogen (secondary N) is 1. The minimum atomic E-state index is -4.48. The number of alkyl halides is 3. The van der Waals surface area contributed by atoms with E-state index in [4.69, 9.17) is 0 Å². The fraction of sp³-hybridized carbons (Fsp3) is 0.923. The van der Waals surface area contributed by atoms with Gasteiger partial charge < -0.3 is 5.32 Å². The van der Waals surface area contributed by atoms with Gasteiger partial charge in [0.15, 0.2) is 0 Å². The summed E-state index contributed by atoms with van der Waals surface area (Å²) in [7, 11) is 0. The molecule has 0 radical (unpaired) electrons. The molecule has 6 heteroatoms. The maximum Gasteiger partial charge on any atom is 0.401 e. The average molecular weight is 299 g/mol. The van der Waals surface area contributed by atoms with E-state index in [1.165, 1.54) is 11.8 Å². The minimum Gasteiger partial charge on any atom is -0.355 e. The Kier molecular flexibility index (Phi) is 7.26. The first-order valence-corrected chi connectivity index (χ1v) is 7.51. The van der Waals surface area contributed by atoms with Crippen LogP contribution >= 0.6 is 11.8 Å². The molecule has 0 rings (SSSR count). The Balaban J connectivity index is 4.44. The quantitative estimate of drug-likeness (QED) is 0.810. The molecule has 0 heterocycles. The molecule has 1 N–H and O–H groups in total. The van der Waals surface area contributed by atoms with Crippen LogP contribution in [0, 0.1) is 17.3 Å². The van der Waals surface area contributed by atoms with E-state index in [0.29, 0.717) is 5.75 Å². The SMILES string of the molecule is CC(C)CNC(=O)C(CSCC(C)(C)C)C(F)(F)F. The summed E-state index contributed by atoms with van der Waals surface area (Å²) in [5.41, 5.74) is -0.0464. The molecule has 0 aliphatic carbocycles. The van der Waals surface area contributed by atoms with Crippen molar-refractivity contribution in [2.45, 2.75) is 40.8 Å². The van der Waals surface area contributed by atoms with Crippen LogP contribution in [0.2, 0.25) is 0 Å². The molecule has 0 aliphatic rings. The molecule has 0 saturated heterocycles. The van der Waals surface area contributed by atoms with Gasteiger partial charge in [0.1, 0.15) is 5.92 Å². The van der Waals surface area contributed by atoms with Crippen molar-refractivity contribution < 1.29 is 18.0 Å². The fourth-order valence-corrected chi connectivity index (χ4v) is 2.54. The Morgan fingerprint density at radius 1 is 1.21 bits per heavy atom. The molecule has 114 valence electrons. The predicted molar refractivity (Wildman–Crippen MR) is 74.2 cm³/mol. The fourth-order valence-electron chi connectivity index (χ4n) is 1.23. The van der Waals surface area contributed by atoms with E-state index >= 15 is 0 Å². The van der Waals surface area contributed by atoms with Crippen molar-refractivity contribution in [1.82, 2.24) is 5.32 Å². The molecular weight excluding hydrogens is 275 g/mol. The molecule has 0 aromatic carbocycles. The van der Waals surface area contributed by atoms with Crippen LogP contribution in [-0.4, -0.2) is 30.1 Å². The third kappa shape index (κ3) is 9.19. The molecule has 0 fully saturated rings. The van der Waals surface area contributed by atoms with Gasteiger partial charge in [0, 0.05) is 12.3 Å². The molecule has 19 heavy (non-hydrogen) atoms. The van der Waals surface area contributed by atoms with Gasteiger partial charge in [-0.2, -0.15) is 24.9 Å². The summed E-state index contributed by atoms with van der Waals surface area (Å²) in [5, 5.41) is 2.36. The third-order valence-electron chi connectivity index (χ3n) is 2.22. The zero-order valence-electron chi connectivity index (χ0n) is 12.2. The number of rotatable bonds is 6. The van der Waals surface area contributed by atoms with Crippen LogP contribution in [0.25, 0.3) is 0 Å². The van der Waals surface area contributed by atoms with E-state index in [2.05, 4.69) is 5.32 Å². The predicted octanol–water partition coefficient (Wildman–Crippen LogP) is 3.72. The van der Waals surface area contributed by atoms with E-state index in [9.17, 15) is 18.0 Å². The number of amides is 1. The molecule has 0 aromatic rings. The van der Waals surface area contributed by atoms with E-state index in [0.717, 1.165) is 0 Å². The molecular formula is C13H24F3NOS. The van der Waals surface area contributed by atoms with E-state index < -0.39 is 18.0 Å². The number of halogens is 3. The van der Waals surface area contributed by atoms with Crippen LogP contribution in [0.3, 0.4) is 0 Å². The zero-order chi connectivity index (χ0) is 15.3. The highest BCUT2D eigenvalue weighted by Gasteiger charge is 2.44. The van der Waals surface area contributed by atoms with Crippen LogP contribution < -0.4 is 5.32 Å². The van der Waals surface area contributed by atoms with Gasteiger partial charge in [-0.25, -0.2) is 0 Å². The second kappa shape index (κ2) is 7.41. The van der Waals surface area contributed by atoms with Crippen molar-refractivity contribution in [3.8, 4) is 0 Å². The molecule has 0 aromatic heterocycles. The zero-order valence-corrected chi connectivity index (χ0v) is 13.0. The lowest BCUT2D eigenvalue weighted by atomic mass is 10.0. The average Bonchev–Trinajstić information content (AvgIpc) is 2.17. The highest BCUT2D eigenvalue weighted by atomic mass is 32.2. The lowest BCUT2D eigenvalue weighted by Gasteiger charge is -2.22. The van der Waals surface area contributed by atoms with Crippen LogP contribution in [0.5, 0.6) is 0 Å². The summed E-state index contributed by atoms with van der Waals surface area (Å²) >= 11 is 1.18. The second-order valence-corrected chi connectivity index (χ2v) is 7.34. The van der Waals surface area contributed by atoms with E-state index in [1.54, 1.807) is 0 Å². The van der Waals surface area contributed by atoms with E-state index in [-0.39, 0.29) is 23.6 Å². The number of thioether (sulfide) groups is 1. The summed E-state index contributed by atoms with van der Waals surface area (Å²) in [5.74, 6) is -2.32. The van der Waals surface area contributed by atoms with Gasteiger partial charge in [0.2, 0.25) is 5.91 Å². The Hall–Kier alpha value is -0.390. The Bertz CT molecular complexity index is 285. The molecule has 0 bridgehead atoms. The highest BCUT2D eigenvalue weighted by Crippen LogP contribution is 2.31. The summed E-state index contributed by atoms with van der Waals surface area (Å²) < 4.78 is 38.5. The molecule has 0 saturated carbocycles. The van der Waals surface area contributed by atoms with Crippen LogP contribution in [0.4, 0.5) is 13.2 Å². The first-order valence-electron chi connectivity index (χ1n) is 6.35. The Morgan fingerprint density at radius 3 is 2.11 bits per heavy atom. The van der Waals surface area contributed by atoms with Gasteiger partial charge in [0.25, 0.3) is 0 Å². The van der Waals surface area contributed by atoms with Crippen molar-refractivity contribution in [2.24, 2.45) is 17.3 Å². The lowest BCUT2D eigenvalue weighted by Crippen LogP contribution is -2.42. The molecule has 2 nitrogen and oxygen atoms in total. The van der Waals surface area contributed by atoms with Gasteiger partial charge in [-0.05, 0) is 17.1 Å². The monoisotopic (exact) mass is 299 g/mol. The van der Waals surface area contributed by atoms with Crippen molar-refractivity contribution in [1.29, 1.82) is 0 Å². The van der Waals surface area contributed by atoms with E-state index in [1.807, 2.05) is 34.6 Å². The highest BCUT2D eigenvalue weighted by molar-refractivity contribution is 7.99. The first-order chi connectivity index (χ1) is 8.43. The Morgan fingerprint density at radius 2 is 1.74 bits per heavy atom. The molecule has 0 spiro atoms. The van der Waals surface area contributed by atoms with Gasteiger partial charge in [-0.3, -0.25) is 4.79 Å². The third-order valence-corrected chi connectivity index (χ3v) is 3.85. The van der Waals surface area contributed by atoms with Crippen molar-refractivity contribution >= 4 is 17.7 Å². The smallest absolute Gasteiger partial charge is 0.355 e. The molecule has 1 atom stereocenters. The Labute approximate surface area is 117 Å². The lowest BCUT2D eigenvalue weighted by molar-refractivity contribution is -0.177. The van der Waals surface area contributed by atoms with Crippen molar-refractivity contribution in [3.63, 3.8) is 0 Å². The van der Waals surface area contributed by atoms with Crippen LogP contribution in [0.15, 0.2) is 0 Å². The van der Waals surface area contributed by atoms with Gasteiger partial charge in [-0.15, -0.1) is 0 Å². The van der Waals surface area contributed by atoms with Crippen LogP contribution in [0.1, 0.15) is 34.6 Å². The summed E-state index contributed by atoms with van der Waals surface area (Å²) in [4.78, 5) is 11.6. The number of hydrogen-bond acceptors (Lipinski definition) is 2. The van der Waals surface area contributed by atoms with Gasteiger partial charge >= 0.3 is 6.18 Å². The molecule has 0 aliphatic heterocycles. The molecule has 1 amide bonds. The number of carbonyl (C=O) groups is 1. The van der Waals surface area contributed by atoms with Crippen LogP contribution in [-0.2, 0) is 4.79 Å². The number of hydrogen-bond donors (Lipinski definition) is 1. The molecule has 1 unspecified atom stereocenters. The second-order valence-electron chi connectivity index (χ2n) is 6.31. The van der Waals surface area contributed by atoms with Crippen molar-refractivity contribution in [2.75, 3.05) is 18.1 Å². The standard InChI is InChI=1S/C13H24F3NOS/c1-9(2)6-17-11(18)10(13(14,15)16)7-19-8-12(3,4)5/h9-10H,6-8H2,1-5H3,(H,17,18). The maximum absolute atomic E-state index is 12.8. The number of carbonyl (C=O) groups excluding carboxylic acids is 1. The summed E-state index contributed by atoms with van der Waals surface area (Å²) in [6.07, 6.45) is -4.48. The van der Waals surface area contributed by atoms with Crippen molar-refractivity contribution in [3.05, 3.63) is 0 Å². The topological polar surface area (TPSA) is 29.1 Å². The normalized spacial score (nSPS) is 14.6.